The van der Waals surface area contributed by atoms with Crippen LogP contribution >= 0.6 is 0 Å². The highest BCUT2D eigenvalue weighted by Crippen LogP contribution is 2.28. The molecule has 0 aromatic carbocycles. The van der Waals surface area contributed by atoms with Crippen LogP contribution in [-0.4, -0.2) is 37.4 Å². The Hall–Kier alpha value is -0.610. The number of ether oxygens (including phenoxy) is 1. The fourth-order valence-corrected chi connectivity index (χ4v) is 3.19. The molecule has 0 spiro atoms. The highest BCUT2D eigenvalue weighted by Gasteiger charge is 2.32. The molecule has 1 fully saturated rings. The number of carbonyl (C=O) groups is 1. The molecule has 0 aromatic rings. The van der Waals surface area contributed by atoms with E-state index in [1.54, 1.807) is 0 Å². The summed E-state index contributed by atoms with van der Waals surface area (Å²) >= 11 is 0. The molecule has 4 nitrogen and oxygen atoms in total. The average molecular weight is 328 g/mol. The second-order valence-electron chi connectivity index (χ2n) is 7.15. The minimum absolute atomic E-state index is 0.0979. The van der Waals surface area contributed by atoms with E-state index in [1.165, 1.54) is 44.9 Å². The van der Waals surface area contributed by atoms with Gasteiger partial charge in [0.15, 0.2) is 0 Å². The van der Waals surface area contributed by atoms with Gasteiger partial charge in [-0.2, -0.15) is 0 Å². The predicted octanol–water partition coefficient (Wildman–Crippen LogP) is 3.81. The van der Waals surface area contributed by atoms with E-state index in [0.717, 1.165) is 38.8 Å². The Labute approximate surface area is 142 Å². The first-order chi connectivity index (χ1) is 11.2. The van der Waals surface area contributed by atoms with E-state index in [4.69, 9.17) is 4.74 Å². The van der Waals surface area contributed by atoms with E-state index < -0.39 is 0 Å². The molecule has 0 bridgehead atoms. The van der Waals surface area contributed by atoms with Crippen molar-refractivity contribution in [2.75, 3.05) is 26.3 Å². The summed E-state index contributed by atoms with van der Waals surface area (Å²) in [5.74, 6) is -0.0979. The molecule has 23 heavy (non-hydrogen) atoms. The summed E-state index contributed by atoms with van der Waals surface area (Å²) in [4.78, 5) is 11.8. The van der Waals surface area contributed by atoms with E-state index in [1.807, 2.05) is 0 Å². The number of unbranched alkanes of at least 4 members (excludes halogenated alkanes) is 8. The number of aliphatic hydroxyl groups excluding tert-OH is 1. The average Bonchev–Trinajstić information content (AvgIpc) is 2.59. The molecule has 0 aliphatic carbocycles. The lowest BCUT2D eigenvalue weighted by Crippen LogP contribution is -2.42. The van der Waals surface area contributed by atoms with Gasteiger partial charge in [-0.25, -0.2) is 0 Å². The first kappa shape index (κ1) is 20.4. The van der Waals surface area contributed by atoms with Gasteiger partial charge in [0, 0.05) is 11.8 Å². The molecule has 0 amide bonds. The zero-order valence-electron chi connectivity index (χ0n) is 15.1. The fraction of sp³-hybridized carbons (Fsp3) is 0.947. The number of carbonyl (C=O) groups excluding carboxylic acids is 1. The molecular formula is C19H37NO3. The van der Waals surface area contributed by atoms with Gasteiger partial charge in [0.05, 0.1) is 13.2 Å². The Morgan fingerprint density at radius 3 is 2.13 bits per heavy atom. The molecule has 2 N–H and O–H groups in total. The van der Waals surface area contributed by atoms with Gasteiger partial charge in [0.1, 0.15) is 0 Å². The molecule has 1 heterocycles. The van der Waals surface area contributed by atoms with Gasteiger partial charge in [-0.1, -0.05) is 58.3 Å². The monoisotopic (exact) mass is 327 g/mol. The van der Waals surface area contributed by atoms with Crippen LogP contribution in [0.25, 0.3) is 0 Å². The van der Waals surface area contributed by atoms with Crippen molar-refractivity contribution in [3.8, 4) is 0 Å². The van der Waals surface area contributed by atoms with Gasteiger partial charge in [-0.15, -0.1) is 0 Å². The van der Waals surface area contributed by atoms with Crippen molar-refractivity contribution in [2.45, 2.75) is 84.0 Å². The summed E-state index contributed by atoms with van der Waals surface area (Å²) in [5, 5.41) is 12.9. The molecule has 0 unspecified atom stereocenters. The molecule has 0 saturated carbocycles. The normalized spacial score (nSPS) is 17.1. The highest BCUT2D eigenvalue weighted by molar-refractivity contribution is 5.69. The topological polar surface area (TPSA) is 58.6 Å². The Bertz CT molecular complexity index is 301. The standard InChI is InChI=1S/C19H37NO3/c1-2-3-4-5-6-7-8-9-10-11-18(22)23-17-19(16-21)12-14-20-15-13-19/h20-21H,2-17H2,1H3. The summed E-state index contributed by atoms with van der Waals surface area (Å²) in [6.45, 7) is 4.53. The van der Waals surface area contributed by atoms with Crippen LogP contribution in [0.3, 0.4) is 0 Å². The SMILES string of the molecule is CCCCCCCCCCCC(=O)OCC1(CO)CCNCC1. The molecular weight excluding hydrogens is 290 g/mol. The van der Waals surface area contributed by atoms with E-state index in [0.29, 0.717) is 13.0 Å². The predicted molar refractivity (Wildman–Crippen MR) is 94.4 cm³/mol. The summed E-state index contributed by atoms with van der Waals surface area (Å²) in [6, 6.07) is 0. The molecule has 136 valence electrons. The number of aliphatic hydroxyl groups is 1. The van der Waals surface area contributed by atoms with Gasteiger partial charge in [-0.05, 0) is 32.4 Å². The largest absolute Gasteiger partial charge is 0.465 e. The summed E-state index contributed by atoms with van der Waals surface area (Å²) in [6.07, 6.45) is 13.6. The number of hydrogen-bond acceptors (Lipinski definition) is 4. The quantitative estimate of drug-likeness (QED) is 0.399. The summed E-state index contributed by atoms with van der Waals surface area (Å²) < 4.78 is 5.42. The number of esters is 1. The van der Waals surface area contributed by atoms with Crippen LogP contribution in [0.4, 0.5) is 0 Å². The van der Waals surface area contributed by atoms with Crippen molar-refractivity contribution < 1.29 is 14.6 Å². The number of hydrogen-bond donors (Lipinski definition) is 2. The first-order valence-electron chi connectivity index (χ1n) is 9.70. The second-order valence-corrected chi connectivity index (χ2v) is 7.15. The van der Waals surface area contributed by atoms with Crippen LogP contribution in [0.15, 0.2) is 0 Å². The molecule has 0 aromatic heterocycles. The fourth-order valence-electron chi connectivity index (χ4n) is 3.19. The lowest BCUT2D eigenvalue weighted by atomic mass is 9.80. The second kappa shape index (κ2) is 12.8. The summed E-state index contributed by atoms with van der Waals surface area (Å²) in [5.41, 5.74) is -0.209. The van der Waals surface area contributed by atoms with E-state index in [9.17, 15) is 9.90 Å². The third kappa shape index (κ3) is 9.31. The Morgan fingerprint density at radius 1 is 1.00 bits per heavy atom. The molecule has 1 rings (SSSR count). The Morgan fingerprint density at radius 2 is 1.57 bits per heavy atom. The van der Waals surface area contributed by atoms with Crippen molar-refractivity contribution in [3.63, 3.8) is 0 Å². The number of piperidine rings is 1. The third-order valence-electron chi connectivity index (χ3n) is 5.02. The number of nitrogens with one attached hydrogen (secondary N) is 1. The maximum atomic E-state index is 11.8. The van der Waals surface area contributed by atoms with Crippen molar-refractivity contribution in [3.05, 3.63) is 0 Å². The van der Waals surface area contributed by atoms with Crippen LogP contribution in [0.1, 0.15) is 84.0 Å². The molecule has 1 aliphatic heterocycles. The Kier molecular flexibility index (Phi) is 11.3. The van der Waals surface area contributed by atoms with E-state index >= 15 is 0 Å². The Balaban J connectivity index is 1.97. The maximum Gasteiger partial charge on any atom is 0.305 e. The van der Waals surface area contributed by atoms with Gasteiger partial charge < -0.3 is 15.2 Å². The van der Waals surface area contributed by atoms with Crippen LogP contribution in [-0.2, 0) is 9.53 Å². The van der Waals surface area contributed by atoms with Crippen molar-refractivity contribution in [2.24, 2.45) is 5.41 Å². The van der Waals surface area contributed by atoms with Crippen molar-refractivity contribution in [1.29, 1.82) is 0 Å². The van der Waals surface area contributed by atoms with Gasteiger partial charge in [0.25, 0.3) is 0 Å². The first-order valence-corrected chi connectivity index (χ1v) is 9.70. The van der Waals surface area contributed by atoms with Crippen molar-refractivity contribution >= 4 is 5.97 Å². The molecule has 0 atom stereocenters. The summed E-state index contributed by atoms with van der Waals surface area (Å²) in [7, 11) is 0. The minimum atomic E-state index is -0.209. The van der Waals surface area contributed by atoms with Gasteiger partial charge in [-0.3, -0.25) is 4.79 Å². The van der Waals surface area contributed by atoms with Crippen LogP contribution < -0.4 is 5.32 Å². The van der Waals surface area contributed by atoms with Crippen LogP contribution in [0.5, 0.6) is 0 Å². The van der Waals surface area contributed by atoms with E-state index in [-0.39, 0.29) is 18.0 Å². The van der Waals surface area contributed by atoms with Crippen LogP contribution in [0, 0.1) is 5.41 Å². The zero-order chi connectivity index (χ0) is 16.8. The van der Waals surface area contributed by atoms with Gasteiger partial charge >= 0.3 is 5.97 Å². The maximum absolute atomic E-state index is 11.8. The molecule has 4 heteroatoms. The number of rotatable bonds is 13. The lowest BCUT2D eigenvalue weighted by Gasteiger charge is -2.35. The smallest absolute Gasteiger partial charge is 0.305 e. The highest BCUT2D eigenvalue weighted by atomic mass is 16.5. The van der Waals surface area contributed by atoms with Gasteiger partial charge in [0.2, 0.25) is 0 Å². The molecule has 1 saturated heterocycles. The minimum Gasteiger partial charge on any atom is -0.465 e. The molecule has 0 radical (unpaired) electrons. The van der Waals surface area contributed by atoms with Crippen LogP contribution in [0.2, 0.25) is 0 Å². The molecule has 1 aliphatic rings. The zero-order valence-corrected chi connectivity index (χ0v) is 15.1. The van der Waals surface area contributed by atoms with E-state index in [2.05, 4.69) is 12.2 Å². The van der Waals surface area contributed by atoms with Crippen molar-refractivity contribution in [1.82, 2.24) is 5.32 Å². The lowest BCUT2D eigenvalue weighted by molar-refractivity contribution is -0.149. The third-order valence-corrected chi connectivity index (χ3v) is 5.02.